The molecule has 2 aliphatic rings. The van der Waals surface area contributed by atoms with Crippen molar-refractivity contribution in [3.8, 4) is 0 Å². The molecule has 0 saturated carbocycles. The van der Waals surface area contributed by atoms with Crippen LogP contribution in [0.3, 0.4) is 0 Å². The molecule has 2 unspecified atom stereocenters. The number of hydrogen-bond donors (Lipinski definition) is 1. The molecule has 2 bridgehead atoms. The number of para-hydroxylation sites is 2. The number of piperidine rings is 1. The van der Waals surface area contributed by atoms with Gasteiger partial charge in [0.2, 0.25) is 0 Å². The van der Waals surface area contributed by atoms with E-state index in [2.05, 4.69) is 4.90 Å². The van der Waals surface area contributed by atoms with Gasteiger partial charge in [0.25, 0.3) is 0 Å². The van der Waals surface area contributed by atoms with Crippen molar-refractivity contribution in [3.05, 3.63) is 34.8 Å². The van der Waals surface area contributed by atoms with E-state index < -0.39 is 0 Å². The SMILES string of the molecule is NC1CC2CCC(C1)N2CCn1c(=O)oc2ccccc21. The Morgan fingerprint density at radius 3 is 2.62 bits per heavy atom. The molecule has 21 heavy (non-hydrogen) atoms. The molecule has 1 aromatic carbocycles. The van der Waals surface area contributed by atoms with Gasteiger partial charge in [-0.15, -0.1) is 0 Å². The first-order valence-corrected chi connectivity index (χ1v) is 7.82. The molecule has 5 heteroatoms. The van der Waals surface area contributed by atoms with Crippen molar-refractivity contribution in [2.45, 2.75) is 50.4 Å². The summed E-state index contributed by atoms with van der Waals surface area (Å²) in [5, 5.41) is 0. The first kappa shape index (κ1) is 13.1. The first-order chi connectivity index (χ1) is 10.2. The molecule has 3 heterocycles. The Morgan fingerprint density at radius 1 is 1.14 bits per heavy atom. The fraction of sp³-hybridized carbons (Fsp3) is 0.562. The lowest BCUT2D eigenvalue weighted by Gasteiger charge is -2.37. The van der Waals surface area contributed by atoms with Gasteiger partial charge in [-0.05, 0) is 37.8 Å². The predicted octanol–water partition coefficient (Wildman–Crippen LogP) is 1.55. The molecule has 0 radical (unpaired) electrons. The summed E-state index contributed by atoms with van der Waals surface area (Å²) in [6.07, 6.45) is 4.69. The van der Waals surface area contributed by atoms with Gasteiger partial charge in [-0.1, -0.05) is 12.1 Å². The smallest absolute Gasteiger partial charge is 0.408 e. The molecule has 2 aromatic rings. The highest BCUT2D eigenvalue weighted by Crippen LogP contribution is 2.34. The molecule has 2 N–H and O–H groups in total. The molecule has 0 aliphatic carbocycles. The van der Waals surface area contributed by atoms with Crippen LogP contribution in [0.2, 0.25) is 0 Å². The van der Waals surface area contributed by atoms with Crippen LogP contribution in [0, 0.1) is 0 Å². The highest BCUT2D eigenvalue weighted by Gasteiger charge is 2.39. The molecule has 5 nitrogen and oxygen atoms in total. The van der Waals surface area contributed by atoms with Gasteiger partial charge >= 0.3 is 5.76 Å². The lowest BCUT2D eigenvalue weighted by molar-refractivity contribution is 0.123. The summed E-state index contributed by atoms with van der Waals surface area (Å²) in [5.41, 5.74) is 7.67. The van der Waals surface area contributed by atoms with E-state index in [1.54, 1.807) is 4.57 Å². The minimum Gasteiger partial charge on any atom is -0.408 e. The van der Waals surface area contributed by atoms with E-state index in [9.17, 15) is 4.79 Å². The predicted molar refractivity (Wildman–Crippen MR) is 81.2 cm³/mol. The minimum atomic E-state index is -0.253. The first-order valence-electron chi connectivity index (χ1n) is 7.82. The van der Waals surface area contributed by atoms with E-state index in [4.69, 9.17) is 10.2 Å². The maximum Gasteiger partial charge on any atom is 0.419 e. The van der Waals surface area contributed by atoms with E-state index in [0.717, 1.165) is 24.9 Å². The van der Waals surface area contributed by atoms with Gasteiger partial charge in [0.15, 0.2) is 5.58 Å². The fourth-order valence-corrected chi connectivity index (χ4v) is 4.12. The van der Waals surface area contributed by atoms with Gasteiger partial charge < -0.3 is 10.2 Å². The molecule has 2 saturated heterocycles. The monoisotopic (exact) mass is 287 g/mol. The van der Waals surface area contributed by atoms with Crippen LogP contribution in [0.25, 0.3) is 11.1 Å². The number of fused-ring (bicyclic) bond motifs is 3. The Bertz CT molecular complexity index is 691. The molecule has 2 atom stereocenters. The van der Waals surface area contributed by atoms with Gasteiger partial charge in [0, 0.05) is 31.2 Å². The van der Waals surface area contributed by atoms with Gasteiger partial charge in [0.05, 0.1) is 5.52 Å². The summed E-state index contributed by atoms with van der Waals surface area (Å²) in [5.74, 6) is -0.253. The third-order valence-electron chi connectivity index (χ3n) is 5.08. The molecule has 0 spiro atoms. The molecule has 0 amide bonds. The van der Waals surface area contributed by atoms with Crippen molar-refractivity contribution in [2.24, 2.45) is 5.73 Å². The normalized spacial score (nSPS) is 29.3. The lowest BCUT2D eigenvalue weighted by Crippen LogP contribution is -2.48. The average molecular weight is 287 g/mol. The van der Waals surface area contributed by atoms with Crippen molar-refractivity contribution in [1.29, 1.82) is 0 Å². The molecule has 4 rings (SSSR count). The molecular weight excluding hydrogens is 266 g/mol. The molecule has 2 aliphatic heterocycles. The Labute approximate surface area is 123 Å². The summed E-state index contributed by atoms with van der Waals surface area (Å²) in [4.78, 5) is 14.6. The Balaban J connectivity index is 1.54. The number of nitrogens with zero attached hydrogens (tertiary/aromatic N) is 2. The highest BCUT2D eigenvalue weighted by atomic mass is 16.4. The third kappa shape index (κ3) is 2.21. The maximum absolute atomic E-state index is 12.0. The maximum atomic E-state index is 12.0. The topological polar surface area (TPSA) is 64.4 Å². The summed E-state index contributed by atoms with van der Waals surface area (Å²) >= 11 is 0. The van der Waals surface area contributed by atoms with E-state index in [-0.39, 0.29) is 5.76 Å². The van der Waals surface area contributed by atoms with Crippen LogP contribution < -0.4 is 11.5 Å². The Kier molecular flexibility index (Phi) is 3.12. The zero-order valence-electron chi connectivity index (χ0n) is 12.1. The van der Waals surface area contributed by atoms with E-state index in [0.29, 0.717) is 30.3 Å². The van der Waals surface area contributed by atoms with Crippen LogP contribution in [-0.4, -0.2) is 34.1 Å². The van der Waals surface area contributed by atoms with E-state index in [1.807, 2.05) is 24.3 Å². The van der Waals surface area contributed by atoms with Gasteiger partial charge in [0.1, 0.15) is 0 Å². The standard InChI is InChI=1S/C16H21N3O2/c17-11-9-12-5-6-13(10-11)18(12)7-8-19-14-3-1-2-4-15(14)21-16(19)20/h1-4,11-13H,5-10,17H2. The van der Waals surface area contributed by atoms with Crippen molar-refractivity contribution < 1.29 is 4.42 Å². The number of benzene rings is 1. The zero-order valence-corrected chi connectivity index (χ0v) is 12.1. The quantitative estimate of drug-likeness (QED) is 0.930. The number of oxazole rings is 1. The Hall–Kier alpha value is -1.59. The molecule has 112 valence electrons. The third-order valence-corrected chi connectivity index (χ3v) is 5.08. The number of aromatic nitrogens is 1. The second-order valence-electron chi connectivity index (χ2n) is 6.34. The van der Waals surface area contributed by atoms with Crippen LogP contribution in [0.5, 0.6) is 0 Å². The van der Waals surface area contributed by atoms with Crippen LogP contribution in [0.4, 0.5) is 0 Å². The van der Waals surface area contributed by atoms with Crippen molar-refractivity contribution in [1.82, 2.24) is 9.47 Å². The zero-order chi connectivity index (χ0) is 14.4. The number of hydrogen-bond acceptors (Lipinski definition) is 4. The lowest BCUT2D eigenvalue weighted by atomic mass is 9.98. The summed E-state index contributed by atoms with van der Waals surface area (Å²) in [6, 6.07) is 9.19. The van der Waals surface area contributed by atoms with Crippen LogP contribution in [-0.2, 0) is 6.54 Å². The fourth-order valence-electron chi connectivity index (χ4n) is 4.12. The van der Waals surface area contributed by atoms with Gasteiger partial charge in [-0.25, -0.2) is 4.79 Å². The molecule has 2 fully saturated rings. The van der Waals surface area contributed by atoms with E-state index >= 15 is 0 Å². The second kappa shape index (κ2) is 5.00. The van der Waals surface area contributed by atoms with Crippen molar-refractivity contribution in [2.75, 3.05) is 6.54 Å². The Morgan fingerprint density at radius 2 is 1.86 bits per heavy atom. The second-order valence-corrected chi connectivity index (χ2v) is 6.34. The van der Waals surface area contributed by atoms with Crippen molar-refractivity contribution in [3.63, 3.8) is 0 Å². The molecule has 1 aromatic heterocycles. The summed E-state index contributed by atoms with van der Waals surface area (Å²) < 4.78 is 7.05. The van der Waals surface area contributed by atoms with Crippen LogP contribution >= 0.6 is 0 Å². The summed E-state index contributed by atoms with van der Waals surface area (Å²) in [6.45, 7) is 1.60. The van der Waals surface area contributed by atoms with E-state index in [1.165, 1.54) is 12.8 Å². The average Bonchev–Trinajstić information content (AvgIpc) is 2.90. The number of rotatable bonds is 3. The van der Waals surface area contributed by atoms with Crippen LogP contribution in [0.15, 0.2) is 33.5 Å². The highest BCUT2D eigenvalue weighted by molar-refractivity contribution is 5.72. The summed E-state index contributed by atoms with van der Waals surface area (Å²) in [7, 11) is 0. The number of nitrogens with two attached hydrogens (primary N) is 1. The minimum absolute atomic E-state index is 0.253. The van der Waals surface area contributed by atoms with Gasteiger partial charge in [-0.3, -0.25) is 9.47 Å². The van der Waals surface area contributed by atoms with Crippen LogP contribution in [0.1, 0.15) is 25.7 Å². The van der Waals surface area contributed by atoms with Gasteiger partial charge in [-0.2, -0.15) is 0 Å². The largest absolute Gasteiger partial charge is 0.419 e. The molecular formula is C16H21N3O2. The van der Waals surface area contributed by atoms with Crippen molar-refractivity contribution >= 4 is 11.1 Å².